The topological polar surface area (TPSA) is 51.2 Å². The summed E-state index contributed by atoms with van der Waals surface area (Å²) in [6.45, 7) is 5.78. The second kappa shape index (κ2) is 5.63. The lowest BCUT2D eigenvalue weighted by atomic mass is 10.1. The van der Waals surface area contributed by atoms with E-state index in [1.165, 1.54) is 6.07 Å². The molecule has 0 amide bonds. The Balaban J connectivity index is 2.33. The zero-order valence-corrected chi connectivity index (χ0v) is 12.5. The van der Waals surface area contributed by atoms with Crippen molar-refractivity contribution in [2.24, 2.45) is 5.73 Å². The van der Waals surface area contributed by atoms with E-state index in [0.29, 0.717) is 5.69 Å². The van der Waals surface area contributed by atoms with Gasteiger partial charge in [-0.3, -0.25) is 0 Å². The average molecular weight is 292 g/mol. The molecular formula is C15H17FN2OS. The van der Waals surface area contributed by atoms with Crippen molar-refractivity contribution in [3.8, 4) is 0 Å². The van der Waals surface area contributed by atoms with Gasteiger partial charge < -0.3 is 15.5 Å². The molecule has 0 aliphatic heterocycles. The van der Waals surface area contributed by atoms with Crippen LogP contribution in [0.4, 0.5) is 10.1 Å². The highest BCUT2D eigenvalue weighted by molar-refractivity contribution is 7.80. The molecule has 0 aliphatic carbocycles. The molecule has 3 N–H and O–H groups in total. The second-order valence-electron chi connectivity index (χ2n) is 4.76. The molecule has 0 fully saturated rings. The molecule has 1 aromatic heterocycles. The van der Waals surface area contributed by atoms with Crippen molar-refractivity contribution < 1.29 is 8.81 Å². The first-order chi connectivity index (χ1) is 9.40. The molecule has 1 aromatic carbocycles. The number of anilines is 1. The Bertz CT molecular complexity index is 651. The molecule has 0 radical (unpaired) electrons. The van der Waals surface area contributed by atoms with Gasteiger partial charge in [0.15, 0.2) is 0 Å². The van der Waals surface area contributed by atoms with Gasteiger partial charge in [-0.25, -0.2) is 4.39 Å². The summed E-state index contributed by atoms with van der Waals surface area (Å²) in [5.74, 6) is 1.27. The zero-order chi connectivity index (χ0) is 14.9. The van der Waals surface area contributed by atoms with Crippen LogP contribution in [0.5, 0.6) is 0 Å². The van der Waals surface area contributed by atoms with Crippen LogP contribution in [-0.4, -0.2) is 4.99 Å². The highest BCUT2D eigenvalue weighted by Gasteiger charge is 2.16. The van der Waals surface area contributed by atoms with E-state index in [-0.39, 0.29) is 16.6 Å². The van der Waals surface area contributed by atoms with E-state index in [9.17, 15) is 4.39 Å². The Morgan fingerprint density at radius 3 is 2.65 bits per heavy atom. The van der Waals surface area contributed by atoms with Gasteiger partial charge in [0.05, 0.1) is 11.6 Å². The van der Waals surface area contributed by atoms with E-state index in [4.69, 9.17) is 22.4 Å². The third-order valence-electron chi connectivity index (χ3n) is 3.18. The molecule has 20 heavy (non-hydrogen) atoms. The van der Waals surface area contributed by atoms with E-state index in [0.717, 1.165) is 17.1 Å². The van der Waals surface area contributed by atoms with Crippen LogP contribution in [0.2, 0.25) is 0 Å². The van der Waals surface area contributed by atoms with Crippen molar-refractivity contribution in [3.05, 3.63) is 52.7 Å². The van der Waals surface area contributed by atoms with Gasteiger partial charge in [0.25, 0.3) is 0 Å². The first-order valence-corrected chi connectivity index (χ1v) is 6.72. The van der Waals surface area contributed by atoms with E-state index in [1.807, 2.05) is 26.8 Å². The number of benzene rings is 1. The summed E-state index contributed by atoms with van der Waals surface area (Å²) in [5, 5.41) is 3.24. The second-order valence-corrected chi connectivity index (χ2v) is 5.20. The summed E-state index contributed by atoms with van der Waals surface area (Å²) in [6, 6.07) is 6.66. The van der Waals surface area contributed by atoms with Gasteiger partial charge in [-0.1, -0.05) is 18.3 Å². The number of aryl methyl sites for hydroxylation is 2. The summed E-state index contributed by atoms with van der Waals surface area (Å²) >= 11 is 4.92. The molecule has 106 valence electrons. The molecule has 0 aliphatic rings. The van der Waals surface area contributed by atoms with Gasteiger partial charge in [0.2, 0.25) is 0 Å². The van der Waals surface area contributed by atoms with Gasteiger partial charge in [0.1, 0.15) is 22.3 Å². The monoisotopic (exact) mass is 292 g/mol. The molecular weight excluding hydrogens is 275 g/mol. The third kappa shape index (κ3) is 2.82. The summed E-state index contributed by atoms with van der Waals surface area (Å²) < 4.78 is 19.3. The van der Waals surface area contributed by atoms with Gasteiger partial charge in [-0.15, -0.1) is 0 Å². The molecule has 0 saturated heterocycles. The summed E-state index contributed by atoms with van der Waals surface area (Å²) in [6.07, 6.45) is 0. The number of hydrogen-bond acceptors (Lipinski definition) is 3. The lowest BCUT2D eigenvalue weighted by molar-refractivity contribution is 0.500. The normalized spacial score (nSPS) is 12.2. The fourth-order valence-corrected chi connectivity index (χ4v) is 2.49. The van der Waals surface area contributed by atoms with Gasteiger partial charge in [-0.2, -0.15) is 0 Å². The van der Waals surface area contributed by atoms with Gasteiger partial charge >= 0.3 is 0 Å². The standard InChI is InChI=1S/C15H17FN2OS/c1-8-7-11(10(3)19-8)9(2)18-13-6-4-5-12(16)14(13)15(17)20/h4-7,9,18H,1-3H3,(H2,17,20). The Hall–Kier alpha value is -1.88. The highest BCUT2D eigenvalue weighted by atomic mass is 32.1. The Morgan fingerprint density at radius 2 is 2.10 bits per heavy atom. The minimum Gasteiger partial charge on any atom is -0.466 e. The van der Waals surface area contributed by atoms with Crippen molar-refractivity contribution in [1.29, 1.82) is 0 Å². The summed E-state index contributed by atoms with van der Waals surface area (Å²) in [4.78, 5) is 0.0397. The predicted octanol–water partition coefficient (Wildman–Crippen LogP) is 3.84. The number of furan rings is 1. The van der Waals surface area contributed by atoms with Crippen LogP contribution >= 0.6 is 12.2 Å². The highest BCUT2D eigenvalue weighted by Crippen LogP contribution is 2.27. The molecule has 2 rings (SSSR count). The predicted molar refractivity (Wildman–Crippen MR) is 82.5 cm³/mol. The SMILES string of the molecule is Cc1cc(C(C)Nc2cccc(F)c2C(N)=S)c(C)o1. The number of hydrogen-bond donors (Lipinski definition) is 2. The van der Waals surface area contributed by atoms with E-state index < -0.39 is 5.82 Å². The van der Waals surface area contributed by atoms with Crippen LogP contribution in [0.1, 0.15) is 35.6 Å². The quantitative estimate of drug-likeness (QED) is 0.841. The molecule has 0 bridgehead atoms. The molecule has 3 nitrogen and oxygen atoms in total. The van der Waals surface area contributed by atoms with Crippen molar-refractivity contribution in [1.82, 2.24) is 0 Å². The first-order valence-electron chi connectivity index (χ1n) is 6.32. The van der Waals surface area contributed by atoms with Crippen molar-refractivity contribution >= 4 is 22.9 Å². The van der Waals surface area contributed by atoms with Crippen LogP contribution in [0.3, 0.4) is 0 Å². The Morgan fingerprint density at radius 1 is 1.40 bits per heavy atom. The third-order valence-corrected chi connectivity index (χ3v) is 3.38. The van der Waals surface area contributed by atoms with Crippen LogP contribution in [-0.2, 0) is 0 Å². The summed E-state index contributed by atoms with van der Waals surface area (Å²) in [5.41, 5.74) is 7.45. The van der Waals surface area contributed by atoms with Crippen LogP contribution in [0, 0.1) is 19.7 Å². The van der Waals surface area contributed by atoms with Crippen molar-refractivity contribution in [3.63, 3.8) is 0 Å². The Kier molecular flexibility index (Phi) is 4.09. The number of halogens is 1. The van der Waals surface area contributed by atoms with Crippen LogP contribution < -0.4 is 11.1 Å². The molecule has 2 aromatic rings. The molecule has 0 saturated carbocycles. The van der Waals surface area contributed by atoms with Crippen LogP contribution in [0.15, 0.2) is 28.7 Å². The largest absolute Gasteiger partial charge is 0.466 e. The molecule has 1 atom stereocenters. The number of rotatable bonds is 4. The van der Waals surface area contributed by atoms with Gasteiger partial charge in [0, 0.05) is 11.3 Å². The lowest BCUT2D eigenvalue weighted by Crippen LogP contribution is -2.17. The molecule has 1 heterocycles. The first kappa shape index (κ1) is 14.5. The maximum Gasteiger partial charge on any atom is 0.135 e. The number of nitrogens with one attached hydrogen (secondary N) is 1. The fourth-order valence-electron chi connectivity index (χ4n) is 2.29. The van der Waals surface area contributed by atoms with Crippen LogP contribution in [0.25, 0.3) is 0 Å². The lowest BCUT2D eigenvalue weighted by Gasteiger charge is -2.17. The number of thiocarbonyl (C=S) groups is 1. The van der Waals surface area contributed by atoms with Gasteiger partial charge in [-0.05, 0) is 39.0 Å². The molecule has 5 heteroatoms. The van der Waals surface area contributed by atoms with E-state index in [2.05, 4.69) is 5.32 Å². The average Bonchev–Trinajstić information content (AvgIpc) is 2.68. The molecule has 1 unspecified atom stereocenters. The number of nitrogens with two attached hydrogens (primary N) is 1. The summed E-state index contributed by atoms with van der Waals surface area (Å²) in [7, 11) is 0. The van der Waals surface area contributed by atoms with E-state index in [1.54, 1.807) is 12.1 Å². The molecule has 0 spiro atoms. The van der Waals surface area contributed by atoms with E-state index >= 15 is 0 Å². The smallest absolute Gasteiger partial charge is 0.135 e. The Labute approximate surface area is 123 Å². The van der Waals surface area contributed by atoms with Crippen molar-refractivity contribution in [2.75, 3.05) is 5.32 Å². The fraction of sp³-hybridized carbons (Fsp3) is 0.267. The minimum absolute atomic E-state index is 0.0395. The van der Waals surface area contributed by atoms with Crippen molar-refractivity contribution in [2.45, 2.75) is 26.8 Å². The maximum absolute atomic E-state index is 13.8. The maximum atomic E-state index is 13.8. The minimum atomic E-state index is -0.421. The zero-order valence-electron chi connectivity index (χ0n) is 11.7.